The Labute approximate surface area is 102 Å². The summed E-state index contributed by atoms with van der Waals surface area (Å²) in [6.45, 7) is 6.26. The van der Waals surface area contributed by atoms with E-state index in [4.69, 9.17) is 15.2 Å². The maximum Gasteiger partial charge on any atom is 0.254 e. The molecule has 0 aromatic carbocycles. The third-order valence-electron chi connectivity index (χ3n) is 3.64. The molecule has 0 spiro atoms. The molecule has 0 aromatic heterocycles. The van der Waals surface area contributed by atoms with Crippen LogP contribution in [0.25, 0.3) is 0 Å². The molecule has 1 amide bonds. The molecule has 2 rings (SSSR count). The third kappa shape index (κ3) is 2.61. The second-order valence-electron chi connectivity index (χ2n) is 5.20. The highest BCUT2D eigenvalue weighted by atomic mass is 16.5. The molecule has 0 aliphatic carbocycles. The molecule has 2 fully saturated rings. The van der Waals surface area contributed by atoms with E-state index < -0.39 is 5.60 Å². The van der Waals surface area contributed by atoms with Crippen molar-refractivity contribution in [2.75, 3.05) is 26.3 Å². The normalized spacial score (nSPS) is 35.9. The summed E-state index contributed by atoms with van der Waals surface area (Å²) in [5, 5.41) is 0. The van der Waals surface area contributed by atoms with E-state index in [-0.39, 0.29) is 18.1 Å². The fourth-order valence-corrected chi connectivity index (χ4v) is 2.46. The Bertz CT molecular complexity index is 287. The first-order valence-corrected chi connectivity index (χ1v) is 6.33. The predicted molar refractivity (Wildman–Crippen MR) is 63.6 cm³/mol. The number of morpholine rings is 1. The lowest BCUT2D eigenvalue weighted by atomic mass is 10.00. The Kier molecular flexibility index (Phi) is 3.70. The molecular formula is C12H22N2O3. The molecule has 5 heteroatoms. The second kappa shape index (κ2) is 4.92. The van der Waals surface area contributed by atoms with Crippen LogP contribution in [0.15, 0.2) is 0 Å². The van der Waals surface area contributed by atoms with Crippen LogP contribution >= 0.6 is 0 Å². The van der Waals surface area contributed by atoms with Gasteiger partial charge in [-0.15, -0.1) is 0 Å². The van der Waals surface area contributed by atoms with Crippen LogP contribution in [0.1, 0.15) is 26.7 Å². The van der Waals surface area contributed by atoms with Crippen molar-refractivity contribution >= 4 is 5.91 Å². The summed E-state index contributed by atoms with van der Waals surface area (Å²) in [5.41, 5.74) is 5.20. The molecule has 98 valence electrons. The quantitative estimate of drug-likeness (QED) is 0.747. The highest BCUT2D eigenvalue weighted by molar-refractivity contribution is 5.85. The smallest absolute Gasteiger partial charge is 0.254 e. The average molecular weight is 242 g/mol. The number of nitrogens with zero attached hydrogens (tertiary/aromatic N) is 1. The number of carbonyl (C=O) groups is 1. The van der Waals surface area contributed by atoms with E-state index >= 15 is 0 Å². The van der Waals surface area contributed by atoms with Crippen molar-refractivity contribution in [3.05, 3.63) is 0 Å². The van der Waals surface area contributed by atoms with E-state index in [2.05, 4.69) is 0 Å². The van der Waals surface area contributed by atoms with Crippen LogP contribution < -0.4 is 5.73 Å². The van der Waals surface area contributed by atoms with Gasteiger partial charge in [-0.05, 0) is 26.7 Å². The van der Waals surface area contributed by atoms with Crippen LogP contribution in [0.3, 0.4) is 0 Å². The molecule has 5 nitrogen and oxygen atoms in total. The molecular weight excluding hydrogens is 220 g/mol. The molecule has 0 aromatic rings. The summed E-state index contributed by atoms with van der Waals surface area (Å²) in [6, 6.07) is -0.0529. The van der Waals surface area contributed by atoms with E-state index in [0.717, 1.165) is 12.8 Å². The van der Waals surface area contributed by atoms with Gasteiger partial charge >= 0.3 is 0 Å². The molecule has 2 heterocycles. The summed E-state index contributed by atoms with van der Waals surface area (Å²) in [5.74, 6) is 0.0870. The monoisotopic (exact) mass is 242 g/mol. The van der Waals surface area contributed by atoms with Gasteiger partial charge in [-0.3, -0.25) is 4.79 Å². The Balaban J connectivity index is 1.99. The molecule has 0 saturated carbocycles. The number of rotatable bonds is 2. The summed E-state index contributed by atoms with van der Waals surface area (Å²) < 4.78 is 11.1. The predicted octanol–water partition coefficient (Wildman–Crippen LogP) is 0.130. The zero-order valence-electron chi connectivity index (χ0n) is 10.6. The zero-order valence-corrected chi connectivity index (χ0v) is 10.6. The number of amides is 1. The average Bonchev–Trinajstić information content (AvgIpc) is 2.76. The van der Waals surface area contributed by atoms with Gasteiger partial charge in [0.15, 0.2) is 0 Å². The Hall–Kier alpha value is -0.650. The molecule has 3 unspecified atom stereocenters. The van der Waals surface area contributed by atoms with Crippen LogP contribution in [-0.2, 0) is 14.3 Å². The van der Waals surface area contributed by atoms with Crippen molar-refractivity contribution in [1.29, 1.82) is 0 Å². The largest absolute Gasteiger partial charge is 0.373 e. The molecule has 3 atom stereocenters. The van der Waals surface area contributed by atoms with Crippen molar-refractivity contribution < 1.29 is 14.3 Å². The van der Waals surface area contributed by atoms with Crippen molar-refractivity contribution in [3.8, 4) is 0 Å². The molecule has 2 N–H and O–H groups in total. The van der Waals surface area contributed by atoms with Crippen LogP contribution in [0.5, 0.6) is 0 Å². The van der Waals surface area contributed by atoms with Gasteiger partial charge in [-0.2, -0.15) is 0 Å². The van der Waals surface area contributed by atoms with Crippen LogP contribution in [0.2, 0.25) is 0 Å². The van der Waals surface area contributed by atoms with Gasteiger partial charge in [0, 0.05) is 25.7 Å². The van der Waals surface area contributed by atoms with Crippen molar-refractivity contribution in [1.82, 2.24) is 4.90 Å². The number of carbonyl (C=O) groups excluding carboxylic acids is 1. The number of hydrogen-bond acceptors (Lipinski definition) is 4. The summed E-state index contributed by atoms with van der Waals surface area (Å²) in [4.78, 5) is 14.2. The van der Waals surface area contributed by atoms with Gasteiger partial charge in [-0.1, -0.05) is 0 Å². The minimum atomic E-state index is -0.625. The van der Waals surface area contributed by atoms with Gasteiger partial charge in [0.25, 0.3) is 5.91 Å². The third-order valence-corrected chi connectivity index (χ3v) is 3.64. The van der Waals surface area contributed by atoms with Crippen molar-refractivity contribution in [2.45, 2.75) is 44.4 Å². The lowest BCUT2D eigenvalue weighted by Crippen LogP contribution is -2.56. The molecule has 2 aliphatic heterocycles. The highest BCUT2D eigenvalue weighted by Crippen LogP contribution is 2.28. The molecule has 17 heavy (non-hydrogen) atoms. The summed E-state index contributed by atoms with van der Waals surface area (Å²) in [7, 11) is 0. The van der Waals surface area contributed by atoms with E-state index in [9.17, 15) is 4.79 Å². The zero-order chi connectivity index (χ0) is 12.5. The van der Waals surface area contributed by atoms with E-state index in [1.54, 1.807) is 0 Å². The van der Waals surface area contributed by atoms with Crippen LogP contribution in [0, 0.1) is 0 Å². The van der Waals surface area contributed by atoms with Crippen LogP contribution in [-0.4, -0.2) is 54.9 Å². The first kappa shape index (κ1) is 12.8. The van der Waals surface area contributed by atoms with Crippen molar-refractivity contribution in [2.24, 2.45) is 5.73 Å². The molecule has 2 aliphatic rings. The second-order valence-corrected chi connectivity index (χ2v) is 5.20. The van der Waals surface area contributed by atoms with E-state index in [0.29, 0.717) is 26.3 Å². The first-order chi connectivity index (χ1) is 8.03. The first-order valence-electron chi connectivity index (χ1n) is 6.33. The Morgan fingerprint density at radius 1 is 1.53 bits per heavy atom. The molecule has 0 radical (unpaired) electrons. The molecule has 0 bridgehead atoms. The lowest BCUT2D eigenvalue weighted by molar-refractivity contribution is -0.158. The highest BCUT2D eigenvalue weighted by Gasteiger charge is 2.42. The fourth-order valence-electron chi connectivity index (χ4n) is 2.46. The van der Waals surface area contributed by atoms with Gasteiger partial charge in [-0.25, -0.2) is 0 Å². The minimum absolute atomic E-state index is 0.0529. The maximum absolute atomic E-state index is 12.4. The Morgan fingerprint density at radius 2 is 2.29 bits per heavy atom. The molecule has 2 saturated heterocycles. The van der Waals surface area contributed by atoms with Crippen LogP contribution in [0.4, 0.5) is 0 Å². The summed E-state index contributed by atoms with van der Waals surface area (Å²) in [6.07, 6.45) is 1.72. The van der Waals surface area contributed by atoms with Gasteiger partial charge < -0.3 is 20.1 Å². The van der Waals surface area contributed by atoms with E-state index in [1.165, 1.54) is 0 Å². The van der Waals surface area contributed by atoms with Gasteiger partial charge in [0.05, 0.1) is 12.7 Å². The van der Waals surface area contributed by atoms with Crippen molar-refractivity contribution in [3.63, 3.8) is 0 Å². The lowest BCUT2D eigenvalue weighted by Gasteiger charge is -2.38. The fraction of sp³-hybridized carbons (Fsp3) is 0.917. The number of nitrogens with two attached hydrogens (primary N) is 1. The minimum Gasteiger partial charge on any atom is -0.373 e. The Morgan fingerprint density at radius 3 is 2.88 bits per heavy atom. The number of hydrogen-bond donors (Lipinski definition) is 1. The van der Waals surface area contributed by atoms with Gasteiger partial charge in [0.2, 0.25) is 0 Å². The standard InChI is InChI=1S/C12H22N2O3/c1-9(13)10-8-14(5-7-16-10)11(15)12(2)4-3-6-17-12/h9-10H,3-8,13H2,1-2H3. The number of ether oxygens (including phenoxy) is 2. The maximum atomic E-state index is 12.4. The SMILES string of the molecule is CC(N)C1CN(C(=O)C2(C)CCCO2)CCO1. The summed E-state index contributed by atoms with van der Waals surface area (Å²) >= 11 is 0. The van der Waals surface area contributed by atoms with E-state index in [1.807, 2.05) is 18.7 Å². The topological polar surface area (TPSA) is 64.8 Å². The van der Waals surface area contributed by atoms with Gasteiger partial charge in [0.1, 0.15) is 5.60 Å².